The monoisotopic (exact) mass is 371 g/mol. The average Bonchev–Trinajstić information content (AvgIpc) is 3.58. The third kappa shape index (κ3) is 18.1. The van der Waals surface area contributed by atoms with Crippen molar-refractivity contribution in [1.29, 1.82) is 0 Å². The molecule has 3 aromatic rings. The maximum absolute atomic E-state index is 3.78. The molecule has 0 spiro atoms. The molecule has 2 saturated heterocycles. The van der Waals surface area contributed by atoms with E-state index < -0.39 is 0 Å². The minimum Gasteiger partial charge on any atom is -0.351 e. The number of nitrogens with one attached hydrogen (secondary N) is 4. The standard InChI is InChI=1S/C5H11N.C5H5N.C4H9N.2C3H4N2/c2*1-2-4-6-5-3-1;1-2-4-5-3-1;1-2-5-3-4-1;1-2-4-5-3-1/h6H,1-5H2;1-5H;5H,1-4H2;2*1-3H,(H,4,5). The van der Waals surface area contributed by atoms with Crippen LogP contribution < -0.4 is 10.6 Å². The number of hydrogen-bond acceptors (Lipinski definition) is 5. The van der Waals surface area contributed by atoms with Crippen molar-refractivity contribution < 1.29 is 0 Å². The van der Waals surface area contributed by atoms with Crippen molar-refractivity contribution in [3.05, 3.63) is 67.8 Å². The summed E-state index contributed by atoms with van der Waals surface area (Å²) in [5.74, 6) is 0. The van der Waals surface area contributed by atoms with Crippen molar-refractivity contribution in [2.75, 3.05) is 26.2 Å². The van der Waals surface area contributed by atoms with E-state index in [1.807, 2.05) is 24.3 Å². The van der Waals surface area contributed by atoms with Crippen LogP contribution >= 0.6 is 0 Å². The maximum atomic E-state index is 3.78. The van der Waals surface area contributed by atoms with E-state index in [0.717, 1.165) is 0 Å². The lowest BCUT2D eigenvalue weighted by Gasteiger charge is -2.08. The fourth-order valence-corrected chi connectivity index (χ4v) is 2.17. The molecule has 3 aromatic heterocycles. The lowest BCUT2D eigenvalue weighted by molar-refractivity contribution is 0.520. The van der Waals surface area contributed by atoms with Crippen LogP contribution in [0.5, 0.6) is 0 Å². The van der Waals surface area contributed by atoms with Crippen molar-refractivity contribution >= 4 is 0 Å². The van der Waals surface area contributed by atoms with Crippen molar-refractivity contribution in [2.45, 2.75) is 32.1 Å². The van der Waals surface area contributed by atoms with Gasteiger partial charge in [-0.1, -0.05) is 12.5 Å². The Morgan fingerprint density at radius 2 is 1.22 bits per heavy atom. The Balaban J connectivity index is 0.000000169. The minimum absolute atomic E-state index is 1.25. The summed E-state index contributed by atoms with van der Waals surface area (Å²) in [6.07, 6.45) is 19.0. The summed E-state index contributed by atoms with van der Waals surface area (Å²) >= 11 is 0. The van der Waals surface area contributed by atoms with E-state index in [1.165, 1.54) is 58.3 Å². The number of pyridine rings is 1. The molecule has 7 nitrogen and oxygen atoms in total. The summed E-state index contributed by atoms with van der Waals surface area (Å²) in [5, 5.41) is 12.7. The molecule has 0 saturated carbocycles. The Labute approximate surface area is 162 Å². The van der Waals surface area contributed by atoms with Crippen LogP contribution in [-0.2, 0) is 0 Å². The van der Waals surface area contributed by atoms with E-state index in [0.29, 0.717) is 0 Å². The van der Waals surface area contributed by atoms with Crippen LogP contribution in [0.25, 0.3) is 0 Å². The average molecular weight is 372 g/mol. The molecule has 27 heavy (non-hydrogen) atoms. The molecule has 0 bridgehead atoms. The molecule has 5 heterocycles. The highest BCUT2D eigenvalue weighted by molar-refractivity contribution is 4.88. The predicted octanol–water partition coefficient (Wildman–Crippen LogP) is 3.03. The molecule has 0 aromatic carbocycles. The molecule has 0 unspecified atom stereocenters. The largest absolute Gasteiger partial charge is 0.351 e. The molecule has 0 amide bonds. The first-order valence-electron chi connectivity index (χ1n) is 9.63. The molecule has 0 radical (unpaired) electrons. The highest BCUT2D eigenvalue weighted by atomic mass is 15.1. The Bertz CT molecular complexity index is 441. The summed E-state index contributed by atoms with van der Waals surface area (Å²) in [6, 6.07) is 7.55. The van der Waals surface area contributed by atoms with Gasteiger partial charge in [0.1, 0.15) is 0 Å². The second-order valence-electron chi connectivity index (χ2n) is 5.82. The Morgan fingerprint density at radius 3 is 1.41 bits per heavy atom. The topological polar surface area (TPSA) is 94.3 Å². The highest BCUT2D eigenvalue weighted by Crippen LogP contribution is 1.96. The molecule has 148 valence electrons. The number of aromatic amines is 2. The van der Waals surface area contributed by atoms with Gasteiger partial charge in [-0.2, -0.15) is 5.10 Å². The zero-order chi connectivity index (χ0) is 19.1. The molecule has 0 aliphatic carbocycles. The summed E-state index contributed by atoms with van der Waals surface area (Å²) in [5.41, 5.74) is 0. The van der Waals surface area contributed by atoms with Gasteiger partial charge in [-0.3, -0.25) is 10.1 Å². The first kappa shape index (κ1) is 22.5. The molecule has 5 rings (SSSR count). The van der Waals surface area contributed by atoms with Crippen molar-refractivity contribution in [3.8, 4) is 0 Å². The number of hydrogen-bond donors (Lipinski definition) is 4. The lowest BCUT2D eigenvalue weighted by atomic mass is 10.2. The van der Waals surface area contributed by atoms with Gasteiger partial charge in [0.05, 0.1) is 6.33 Å². The van der Waals surface area contributed by atoms with Gasteiger partial charge in [-0.25, -0.2) is 4.98 Å². The quantitative estimate of drug-likeness (QED) is 0.487. The number of piperidine rings is 1. The number of imidazole rings is 1. The highest BCUT2D eigenvalue weighted by Gasteiger charge is 1.94. The van der Waals surface area contributed by atoms with Crippen LogP contribution in [0.3, 0.4) is 0 Å². The van der Waals surface area contributed by atoms with Crippen LogP contribution in [0.15, 0.2) is 67.8 Å². The van der Waals surface area contributed by atoms with Crippen LogP contribution in [0.4, 0.5) is 0 Å². The van der Waals surface area contributed by atoms with Crippen molar-refractivity contribution in [3.63, 3.8) is 0 Å². The van der Waals surface area contributed by atoms with Gasteiger partial charge < -0.3 is 15.6 Å². The molecule has 4 N–H and O–H groups in total. The number of rotatable bonds is 0. The van der Waals surface area contributed by atoms with Gasteiger partial charge in [0.2, 0.25) is 0 Å². The molecule has 2 fully saturated rings. The third-order valence-corrected chi connectivity index (χ3v) is 3.54. The fourth-order valence-electron chi connectivity index (χ4n) is 2.17. The summed E-state index contributed by atoms with van der Waals surface area (Å²) in [7, 11) is 0. The predicted molar refractivity (Wildman–Crippen MR) is 110 cm³/mol. The van der Waals surface area contributed by atoms with E-state index in [9.17, 15) is 0 Å². The van der Waals surface area contributed by atoms with E-state index in [-0.39, 0.29) is 0 Å². The SMILES string of the molecule is C1CCNC1.C1CCNCC1.c1c[nH]cn1.c1ccncc1.c1cn[nH]c1. The molecule has 7 heteroatoms. The van der Waals surface area contributed by atoms with Gasteiger partial charge >= 0.3 is 0 Å². The van der Waals surface area contributed by atoms with Crippen molar-refractivity contribution in [1.82, 2.24) is 35.8 Å². The lowest BCUT2D eigenvalue weighted by Crippen LogP contribution is -2.21. The van der Waals surface area contributed by atoms with Gasteiger partial charge in [0.25, 0.3) is 0 Å². The number of H-pyrrole nitrogens is 2. The third-order valence-electron chi connectivity index (χ3n) is 3.54. The molecule has 2 aliphatic heterocycles. The fraction of sp³-hybridized carbons (Fsp3) is 0.450. The maximum Gasteiger partial charge on any atom is 0.0919 e. The minimum atomic E-state index is 1.25. The van der Waals surface area contributed by atoms with Gasteiger partial charge in [0.15, 0.2) is 0 Å². The van der Waals surface area contributed by atoms with E-state index in [1.54, 1.807) is 43.5 Å². The molecule has 2 aliphatic rings. The Morgan fingerprint density at radius 1 is 0.556 bits per heavy atom. The summed E-state index contributed by atoms with van der Waals surface area (Å²) in [4.78, 5) is 10.2. The second-order valence-corrected chi connectivity index (χ2v) is 5.82. The molecule has 0 atom stereocenters. The zero-order valence-corrected chi connectivity index (χ0v) is 16.1. The van der Waals surface area contributed by atoms with Gasteiger partial charge in [0, 0.05) is 37.2 Å². The number of aromatic nitrogens is 5. The first-order valence-corrected chi connectivity index (χ1v) is 9.63. The first-order chi connectivity index (χ1) is 13.5. The van der Waals surface area contributed by atoms with E-state index in [2.05, 4.69) is 35.8 Å². The van der Waals surface area contributed by atoms with Crippen LogP contribution in [0.2, 0.25) is 0 Å². The Hall–Kier alpha value is -2.51. The van der Waals surface area contributed by atoms with Crippen LogP contribution in [-0.4, -0.2) is 51.3 Å². The summed E-state index contributed by atoms with van der Waals surface area (Å²) in [6.45, 7) is 5.00. The van der Waals surface area contributed by atoms with E-state index in [4.69, 9.17) is 0 Å². The molecular weight excluding hydrogens is 338 g/mol. The summed E-state index contributed by atoms with van der Waals surface area (Å²) < 4.78 is 0. The van der Waals surface area contributed by atoms with Gasteiger partial charge in [-0.15, -0.1) is 0 Å². The smallest absolute Gasteiger partial charge is 0.0919 e. The Kier molecular flexibility index (Phi) is 16.5. The molecular formula is C20H33N7. The zero-order valence-electron chi connectivity index (χ0n) is 16.1. The van der Waals surface area contributed by atoms with Crippen LogP contribution in [0.1, 0.15) is 32.1 Å². The van der Waals surface area contributed by atoms with Crippen molar-refractivity contribution in [2.24, 2.45) is 0 Å². The normalized spacial score (nSPS) is 14.5. The number of nitrogens with zero attached hydrogens (tertiary/aromatic N) is 3. The van der Waals surface area contributed by atoms with Gasteiger partial charge in [-0.05, 0) is 70.1 Å². The second kappa shape index (κ2) is 19.8. The van der Waals surface area contributed by atoms with E-state index >= 15 is 0 Å². The van der Waals surface area contributed by atoms with Crippen LogP contribution in [0, 0.1) is 0 Å².